The smallest absolute Gasteiger partial charge is 0.241 e. The molecule has 25 heavy (non-hydrogen) atoms. The standard InChI is InChI=1S/C19H21N3O3/c1-2-21(10-14-5-7-20-8-6-14)19(23)16-12-22(16)11-15-3-4-17-18(9-15)25-13-24-17/h3-9,16H,2,10-13H2,1H3. The van der Waals surface area contributed by atoms with Crippen molar-refractivity contribution in [2.45, 2.75) is 26.1 Å². The van der Waals surface area contributed by atoms with Gasteiger partial charge in [-0.15, -0.1) is 0 Å². The number of hydrogen-bond acceptors (Lipinski definition) is 5. The average molecular weight is 339 g/mol. The lowest BCUT2D eigenvalue weighted by Crippen LogP contribution is -2.35. The first-order chi connectivity index (χ1) is 12.2. The summed E-state index contributed by atoms with van der Waals surface area (Å²) in [6, 6.07) is 9.84. The van der Waals surface area contributed by atoms with Gasteiger partial charge in [-0.2, -0.15) is 0 Å². The Labute approximate surface area is 147 Å². The molecule has 0 bridgehead atoms. The van der Waals surface area contributed by atoms with E-state index >= 15 is 0 Å². The normalized spacial score (nSPS) is 20.4. The Morgan fingerprint density at radius 2 is 2.00 bits per heavy atom. The second-order valence-electron chi connectivity index (χ2n) is 6.34. The lowest BCUT2D eigenvalue weighted by atomic mass is 10.2. The van der Waals surface area contributed by atoms with Crippen molar-refractivity contribution >= 4 is 5.91 Å². The summed E-state index contributed by atoms with van der Waals surface area (Å²) in [4.78, 5) is 20.9. The van der Waals surface area contributed by atoms with Crippen LogP contribution in [0.5, 0.6) is 11.5 Å². The maximum absolute atomic E-state index is 12.8. The third-order valence-electron chi connectivity index (χ3n) is 4.64. The summed E-state index contributed by atoms with van der Waals surface area (Å²) < 4.78 is 10.8. The number of ether oxygens (including phenoxy) is 2. The van der Waals surface area contributed by atoms with E-state index in [1.165, 1.54) is 0 Å². The molecular weight excluding hydrogens is 318 g/mol. The minimum Gasteiger partial charge on any atom is -0.454 e. The third-order valence-corrected chi connectivity index (χ3v) is 4.64. The molecule has 1 saturated heterocycles. The second-order valence-corrected chi connectivity index (χ2v) is 6.34. The molecule has 2 atom stereocenters. The molecule has 1 amide bonds. The number of fused-ring (bicyclic) bond motifs is 1. The lowest BCUT2D eigenvalue weighted by molar-refractivity contribution is -0.131. The van der Waals surface area contributed by atoms with Gasteiger partial charge in [-0.25, -0.2) is 0 Å². The van der Waals surface area contributed by atoms with E-state index in [-0.39, 0.29) is 18.7 Å². The predicted molar refractivity (Wildman–Crippen MR) is 92.1 cm³/mol. The first kappa shape index (κ1) is 15.9. The number of hydrogen-bond donors (Lipinski definition) is 0. The molecule has 0 N–H and O–H groups in total. The fourth-order valence-electron chi connectivity index (χ4n) is 3.12. The van der Waals surface area contributed by atoms with Gasteiger partial charge in [-0.05, 0) is 42.3 Å². The minimum atomic E-state index is -0.0211. The quantitative estimate of drug-likeness (QED) is 0.754. The van der Waals surface area contributed by atoms with Crippen LogP contribution in [-0.2, 0) is 17.9 Å². The Bertz CT molecular complexity index is 766. The van der Waals surface area contributed by atoms with E-state index in [0.29, 0.717) is 13.1 Å². The molecule has 1 aromatic carbocycles. The molecule has 1 aromatic heterocycles. The highest BCUT2D eigenvalue weighted by molar-refractivity contribution is 5.84. The van der Waals surface area contributed by atoms with Gasteiger partial charge >= 0.3 is 0 Å². The van der Waals surface area contributed by atoms with Crippen molar-refractivity contribution in [2.75, 3.05) is 19.9 Å². The van der Waals surface area contributed by atoms with Crippen molar-refractivity contribution in [1.29, 1.82) is 0 Å². The topological polar surface area (TPSA) is 54.7 Å². The molecule has 2 aliphatic rings. The highest BCUT2D eigenvalue weighted by atomic mass is 16.7. The summed E-state index contributed by atoms with van der Waals surface area (Å²) in [5, 5.41) is 0. The number of pyridine rings is 1. The van der Waals surface area contributed by atoms with Gasteiger partial charge in [0.1, 0.15) is 6.04 Å². The Hall–Kier alpha value is -2.60. The number of aromatic nitrogens is 1. The summed E-state index contributed by atoms with van der Waals surface area (Å²) in [6.07, 6.45) is 3.52. The zero-order valence-corrected chi connectivity index (χ0v) is 14.2. The summed E-state index contributed by atoms with van der Waals surface area (Å²) in [5.41, 5.74) is 2.24. The molecule has 3 heterocycles. The highest BCUT2D eigenvalue weighted by Crippen LogP contribution is 2.34. The second kappa shape index (κ2) is 6.72. The minimum absolute atomic E-state index is 0.0211. The van der Waals surface area contributed by atoms with Crippen molar-refractivity contribution in [3.63, 3.8) is 0 Å². The van der Waals surface area contributed by atoms with Gasteiger partial charge in [0.25, 0.3) is 0 Å². The van der Waals surface area contributed by atoms with E-state index in [4.69, 9.17) is 9.47 Å². The van der Waals surface area contributed by atoms with E-state index < -0.39 is 0 Å². The molecule has 0 aliphatic carbocycles. The van der Waals surface area contributed by atoms with E-state index in [9.17, 15) is 4.79 Å². The van der Waals surface area contributed by atoms with Gasteiger partial charge in [-0.3, -0.25) is 14.7 Å². The van der Waals surface area contributed by atoms with Crippen LogP contribution in [0, 0.1) is 0 Å². The fraction of sp³-hybridized carbons (Fsp3) is 0.368. The Morgan fingerprint density at radius 3 is 2.80 bits per heavy atom. The van der Waals surface area contributed by atoms with Crippen LogP contribution in [0.3, 0.4) is 0 Å². The number of benzene rings is 1. The molecule has 2 aliphatic heterocycles. The molecule has 0 spiro atoms. The molecule has 0 radical (unpaired) electrons. The van der Waals surface area contributed by atoms with Crippen LogP contribution in [0.25, 0.3) is 0 Å². The fourth-order valence-corrected chi connectivity index (χ4v) is 3.12. The first-order valence-corrected chi connectivity index (χ1v) is 8.55. The zero-order valence-electron chi connectivity index (χ0n) is 14.2. The molecular formula is C19H21N3O3. The number of rotatable bonds is 6. The maximum Gasteiger partial charge on any atom is 0.241 e. The molecule has 130 valence electrons. The van der Waals surface area contributed by atoms with Gasteiger partial charge in [0, 0.05) is 38.6 Å². The van der Waals surface area contributed by atoms with Crippen molar-refractivity contribution in [2.24, 2.45) is 0 Å². The molecule has 1 fully saturated rings. The van der Waals surface area contributed by atoms with Crippen molar-refractivity contribution in [3.8, 4) is 11.5 Å². The van der Waals surface area contributed by atoms with Crippen LogP contribution < -0.4 is 9.47 Å². The average Bonchev–Trinajstić information content (AvgIpc) is 3.24. The summed E-state index contributed by atoms with van der Waals surface area (Å²) >= 11 is 0. The van der Waals surface area contributed by atoms with Crippen molar-refractivity contribution < 1.29 is 14.3 Å². The Balaban J connectivity index is 1.36. The molecule has 6 heteroatoms. The lowest BCUT2D eigenvalue weighted by Gasteiger charge is -2.21. The van der Waals surface area contributed by atoms with Crippen LogP contribution >= 0.6 is 0 Å². The molecule has 4 rings (SSSR count). The van der Waals surface area contributed by atoms with Gasteiger partial charge < -0.3 is 14.4 Å². The monoisotopic (exact) mass is 339 g/mol. The highest BCUT2D eigenvalue weighted by Gasteiger charge is 2.42. The number of carbonyl (C=O) groups is 1. The van der Waals surface area contributed by atoms with Crippen LogP contribution in [0.2, 0.25) is 0 Å². The van der Waals surface area contributed by atoms with Crippen LogP contribution in [0.1, 0.15) is 18.1 Å². The van der Waals surface area contributed by atoms with E-state index in [1.807, 2.05) is 42.2 Å². The van der Waals surface area contributed by atoms with Crippen molar-refractivity contribution in [1.82, 2.24) is 14.8 Å². The largest absolute Gasteiger partial charge is 0.454 e. The maximum atomic E-state index is 12.8. The number of nitrogens with zero attached hydrogens (tertiary/aromatic N) is 3. The Kier molecular flexibility index (Phi) is 4.28. The predicted octanol–water partition coefficient (Wildman–Crippen LogP) is 2.04. The van der Waals surface area contributed by atoms with Gasteiger partial charge in [-0.1, -0.05) is 6.07 Å². The van der Waals surface area contributed by atoms with E-state index in [2.05, 4.69) is 9.88 Å². The molecule has 0 saturated carbocycles. The van der Waals surface area contributed by atoms with Crippen molar-refractivity contribution in [3.05, 3.63) is 53.9 Å². The van der Waals surface area contributed by atoms with Crippen LogP contribution in [0.4, 0.5) is 0 Å². The first-order valence-electron chi connectivity index (χ1n) is 8.55. The third kappa shape index (κ3) is 3.44. The Morgan fingerprint density at radius 1 is 1.20 bits per heavy atom. The van der Waals surface area contributed by atoms with Gasteiger partial charge in [0.05, 0.1) is 0 Å². The molecule has 2 unspecified atom stereocenters. The van der Waals surface area contributed by atoms with Gasteiger partial charge in [0.2, 0.25) is 12.7 Å². The summed E-state index contributed by atoms with van der Waals surface area (Å²) in [7, 11) is 0. The molecule has 2 aromatic rings. The van der Waals surface area contributed by atoms with E-state index in [1.54, 1.807) is 12.4 Å². The SMILES string of the molecule is CCN(Cc1ccncc1)C(=O)C1CN1Cc1ccc2c(c1)OCO2. The summed E-state index contributed by atoms with van der Waals surface area (Å²) in [6.45, 7) is 5.19. The zero-order chi connectivity index (χ0) is 17.2. The number of carbonyl (C=O) groups excluding carboxylic acids is 1. The molecule has 6 nitrogen and oxygen atoms in total. The van der Waals surface area contributed by atoms with E-state index in [0.717, 1.165) is 35.7 Å². The van der Waals surface area contributed by atoms with Crippen LogP contribution in [-0.4, -0.2) is 46.6 Å². The van der Waals surface area contributed by atoms with Crippen LogP contribution in [0.15, 0.2) is 42.7 Å². The van der Waals surface area contributed by atoms with Gasteiger partial charge in [0.15, 0.2) is 11.5 Å². The summed E-state index contributed by atoms with van der Waals surface area (Å²) in [5.74, 6) is 1.77. The number of amides is 1. The number of likely N-dealkylation sites (N-methyl/N-ethyl adjacent to an activating group) is 1.